The number of benzene rings is 2. The Bertz CT molecular complexity index is 757. The standard InChI is InChI=1S/C25H37N3O2/c1-4-27-12-14-28(15-13-27)19-24(29)20-30-25-7-5-6-23(16-25)18-26(3)17-22-10-8-21(2)9-11-22/h5-11,16,24,29H,4,12-15,17-20H2,1-3H3. The summed E-state index contributed by atoms with van der Waals surface area (Å²) in [5.74, 6) is 0.825. The van der Waals surface area contributed by atoms with E-state index >= 15 is 0 Å². The van der Waals surface area contributed by atoms with Crippen LogP contribution in [0.4, 0.5) is 0 Å². The van der Waals surface area contributed by atoms with Crippen LogP contribution in [-0.4, -0.2) is 78.8 Å². The minimum absolute atomic E-state index is 0.330. The van der Waals surface area contributed by atoms with Crippen LogP contribution in [0.2, 0.25) is 0 Å². The minimum Gasteiger partial charge on any atom is -0.491 e. The van der Waals surface area contributed by atoms with Crippen molar-refractivity contribution in [3.8, 4) is 5.75 Å². The Kier molecular flexibility index (Phi) is 8.70. The van der Waals surface area contributed by atoms with Crippen LogP contribution in [0.1, 0.15) is 23.6 Å². The molecular formula is C25H37N3O2. The van der Waals surface area contributed by atoms with E-state index in [-0.39, 0.29) is 0 Å². The Morgan fingerprint density at radius 2 is 1.63 bits per heavy atom. The van der Waals surface area contributed by atoms with Gasteiger partial charge in [0.2, 0.25) is 0 Å². The van der Waals surface area contributed by atoms with Gasteiger partial charge in [0.1, 0.15) is 18.5 Å². The molecule has 1 saturated heterocycles. The second kappa shape index (κ2) is 11.5. The highest BCUT2D eigenvalue weighted by Gasteiger charge is 2.18. The zero-order valence-corrected chi connectivity index (χ0v) is 18.8. The molecule has 1 aliphatic rings. The van der Waals surface area contributed by atoms with Crippen molar-refractivity contribution in [2.45, 2.75) is 33.0 Å². The Balaban J connectivity index is 1.42. The van der Waals surface area contributed by atoms with Crippen LogP contribution in [0.5, 0.6) is 5.75 Å². The van der Waals surface area contributed by atoms with E-state index in [1.165, 1.54) is 16.7 Å². The lowest BCUT2D eigenvalue weighted by Crippen LogP contribution is -2.49. The van der Waals surface area contributed by atoms with Crippen molar-refractivity contribution in [1.29, 1.82) is 0 Å². The molecule has 1 heterocycles. The van der Waals surface area contributed by atoms with Crippen LogP contribution in [0.15, 0.2) is 48.5 Å². The first-order chi connectivity index (χ1) is 14.5. The highest BCUT2D eigenvalue weighted by molar-refractivity contribution is 5.28. The second-order valence-corrected chi connectivity index (χ2v) is 8.50. The SMILES string of the molecule is CCN1CCN(CC(O)COc2cccc(CN(C)Cc3ccc(C)cc3)c2)CC1. The molecule has 2 aromatic carbocycles. The highest BCUT2D eigenvalue weighted by atomic mass is 16.5. The van der Waals surface area contributed by atoms with Crippen molar-refractivity contribution < 1.29 is 9.84 Å². The van der Waals surface area contributed by atoms with Gasteiger partial charge in [-0.15, -0.1) is 0 Å². The number of rotatable bonds is 10. The first-order valence-corrected chi connectivity index (χ1v) is 11.1. The molecule has 3 rings (SSSR count). The van der Waals surface area contributed by atoms with Crippen LogP contribution >= 0.6 is 0 Å². The Morgan fingerprint density at radius 1 is 0.967 bits per heavy atom. The summed E-state index contributed by atoms with van der Waals surface area (Å²) in [5.41, 5.74) is 3.82. The Labute approximate surface area is 181 Å². The number of nitrogens with zero attached hydrogens (tertiary/aromatic N) is 3. The normalized spacial score (nSPS) is 16.7. The monoisotopic (exact) mass is 411 g/mol. The van der Waals surface area contributed by atoms with Gasteiger partial charge in [-0.25, -0.2) is 0 Å². The number of ether oxygens (including phenoxy) is 1. The lowest BCUT2D eigenvalue weighted by Gasteiger charge is -2.34. The summed E-state index contributed by atoms with van der Waals surface area (Å²) in [6, 6.07) is 16.9. The summed E-state index contributed by atoms with van der Waals surface area (Å²) in [4.78, 5) is 7.08. The molecule has 1 fully saturated rings. The van der Waals surface area contributed by atoms with Gasteiger partial charge in [-0.3, -0.25) is 9.80 Å². The molecule has 0 aliphatic carbocycles. The van der Waals surface area contributed by atoms with Crippen molar-refractivity contribution in [3.05, 3.63) is 65.2 Å². The van der Waals surface area contributed by atoms with E-state index in [4.69, 9.17) is 4.74 Å². The molecule has 1 atom stereocenters. The third kappa shape index (κ3) is 7.40. The third-order valence-corrected chi connectivity index (χ3v) is 5.75. The quantitative estimate of drug-likeness (QED) is 0.651. The molecule has 0 amide bonds. The summed E-state index contributed by atoms with van der Waals surface area (Å²) in [6.45, 7) is 12.4. The first-order valence-electron chi connectivity index (χ1n) is 11.1. The molecule has 1 unspecified atom stereocenters. The molecule has 1 aliphatic heterocycles. The lowest BCUT2D eigenvalue weighted by molar-refractivity contribution is 0.0470. The summed E-state index contributed by atoms with van der Waals surface area (Å²) in [7, 11) is 2.13. The molecule has 5 nitrogen and oxygen atoms in total. The largest absolute Gasteiger partial charge is 0.491 e. The average molecular weight is 412 g/mol. The Morgan fingerprint density at radius 3 is 2.33 bits per heavy atom. The van der Waals surface area contributed by atoms with Gasteiger partial charge in [0.15, 0.2) is 0 Å². The molecule has 5 heteroatoms. The van der Waals surface area contributed by atoms with E-state index in [0.717, 1.165) is 51.6 Å². The van der Waals surface area contributed by atoms with Crippen LogP contribution in [-0.2, 0) is 13.1 Å². The van der Waals surface area contributed by atoms with E-state index in [1.807, 2.05) is 12.1 Å². The van der Waals surface area contributed by atoms with Crippen molar-refractivity contribution >= 4 is 0 Å². The number of aliphatic hydroxyl groups excluding tert-OH is 1. The van der Waals surface area contributed by atoms with E-state index in [1.54, 1.807) is 0 Å². The number of β-amino-alcohol motifs (C(OH)–C–C–N with tert-alkyl or cyclic N) is 1. The topological polar surface area (TPSA) is 39.2 Å². The van der Waals surface area contributed by atoms with Crippen LogP contribution in [0.3, 0.4) is 0 Å². The van der Waals surface area contributed by atoms with Gasteiger partial charge in [0.05, 0.1) is 0 Å². The van der Waals surface area contributed by atoms with Gasteiger partial charge in [0, 0.05) is 45.8 Å². The molecule has 0 bridgehead atoms. The summed E-state index contributed by atoms with van der Waals surface area (Å²) in [6.07, 6.45) is -0.467. The number of aliphatic hydroxyl groups is 1. The first kappa shape index (κ1) is 22.8. The van der Waals surface area contributed by atoms with Crippen molar-refractivity contribution in [1.82, 2.24) is 14.7 Å². The highest BCUT2D eigenvalue weighted by Crippen LogP contribution is 2.16. The second-order valence-electron chi connectivity index (χ2n) is 8.50. The summed E-state index contributed by atoms with van der Waals surface area (Å²) in [5, 5.41) is 10.4. The fourth-order valence-corrected chi connectivity index (χ4v) is 3.94. The maximum absolute atomic E-state index is 10.4. The fraction of sp³-hybridized carbons (Fsp3) is 0.520. The van der Waals surface area contributed by atoms with Gasteiger partial charge in [-0.2, -0.15) is 0 Å². The van der Waals surface area contributed by atoms with Gasteiger partial charge in [0.25, 0.3) is 0 Å². The maximum atomic E-state index is 10.4. The van der Waals surface area contributed by atoms with Crippen molar-refractivity contribution in [2.24, 2.45) is 0 Å². The molecular weight excluding hydrogens is 374 g/mol. The van der Waals surface area contributed by atoms with E-state index < -0.39 is 6.10 Å². The zero-order valence-electron chi connectivity index (χ0n) is 18.8. The number of likely N-dealkylation sites (N-methyl/N-ethyl adjacent to an activating group) is 1. The van der Waals surface area contributed by atoms with E-state index in [9.17, 15) is 5.11 Å². The van der Waals surface area contributed by atoms with E-state index in [2.05, 4.69) is 72.0 Å². The lowest BCUT2D eigenvalue weighted by atomic mass is 10.1. The molecule has 1 N–H and O–H groups in total. The van der Waals surface area contributed by atoms with Crippen LogP contribution in [0.25, 0.3) is 0 Å². The fourth-order valence-electron chi connectivity index (χ4n) is 3.94. The molecule has 0 radical (unpaired) electrons. The van der Waals surface area contributed by atoms with Crippen LogP contribution in [0, 0.1) is 6.92 Å². The molecule has 0 aromatic heterocycles. The zero-order chi connectivity index (χ0) is 21.3. The maximum Gasteiger partial charge on any atom is 0.119 e. The number of hydrogen-bond acceptors (Lipinski definition) is 5. The molecule has 2 aromatic rings. The van der Waals surface area contributed by atoms with Gasteiger partial charge in [-0.05, 0) is 43.8 Å². The number of aryl methyl sites for hydroxylation is 1. The van der Waals surface area contributed by atoms with Crippen molar-refractivity contribution in [3.63, 3.8) is 0 Å². The molecule has 30 heavy (non-hydrogen) atoms. The molecule has 0 spiro atoms. The summed E-state index contributed by atoms with van der Waals surface area (Å²) >= 11 is 0. The predicted molar refractivity (Wildman–Crippen MR) is 123 cm³/mol. The molecule has 0 saturated carbocycles. The minimum atomic E-state index is -0.467. The van der Waals surface area contributed by atoms with Crippen LogP contribution < -0.4 is 4.74 Å². The van der Waals surface area contributed by atoms with Gasteiger partial charge >= 0.3 is 0 Å². The van der Waals surface area contributed by atoms with E-state index in [0.29, 0.717) is 13.2 Å². The molecule has 164 valence electrons. The smallest absolute Gasteiger partial charge is 0.119 e. The Hall–Kier alpha value is -1.92. The third-order valence-electron chi connectivity index (χ3n) is 5.75. The number of hydrogen-bond donors (Lipinski definition) is 1. The predicted octanol–water partition coefficient (Wildman–Crippen LogP) is 3.00. The average Bonchev–Trinajstić information content (AvgIpc) is 2.75. The van der Waals surface area contributed by atoms with Gasteiger partial charge < -0.3 is 14.7 Å². The number of piperazine rings is 1. The van der Waals surface area contributed by atoms with Gasteiger partial charge in [-0.1, -0.05) is 48.9 Å². The van der Waals surface area contributed by atoms with Crippen molar-refractivity contribution in [2.75, 3.05) is 52.9 Å². The summed E-state index contributed by atoms with van der Waals surface area (Å²) < 4.78 is 5.90.